The van der Waals surface area contributed by atoms with Gasteiger partial charge in [0.2, 0.25) is 5.79 Å². The molecule has 7 heteroatoms. The van der Waals surface area contributed by atoms with Crippen molar-refractivity contribution in [1.82, 2.24) is 0 Å². The fourth-order valence-electron chi connectivity index (χ4n) is 5.15. The zero-order valence-electron chi connectivity index (χ0n) is 22.2. The topological polar surface area (TPSA) is 142 Å². The van der Waals surface area contributed by atoms with Crippen LogP contribution in [0.1, 0.15) is 154 Å². The van der Waals surface area contributed by atoms with Gasteiger partial charge in [-0.1, -0.05) is 135 Å². The van der Waals surface area contributed by atoms with Crippen molar-refractivity contribution in [2.24, 2.45) is 0 Å². The van der Waals surface area contributed by atoms with Gasteiger partial charge in [0, 0.05) is 6.42 Å². The Morgan fingerprint density at radius 1 is 0.371 bits per heavy atom. The third kappa shape index (κ3) is 12.7. The summed E-state index contributed by atoms with van der Waals surface area (Å²) in [5, 5.41) is 71.6. The molecule has 1 saturated carbocycles. The summed E-state index contributed by atoms with van der Waals surface area (Å²) in [6.07, 6.45) is 21.7. The predicted molar refractivity (Wildman–Crippen MR) is 138 cm³/mol. The molecule has 0 spiro atoms. The van der Waals surface area contributed by atoms with E-state index in [1.54, 1.807) is 0 Å². The van der Waals surface area contributed by atoms with Crippen LogP contribution in [0.3, 0.4) is 0 Å². The van der Waals surface area contributed by atoms with Gasteiger partial charge in [0.15, 0.2) is 0 Å². The molecule has 0 heterocycles. The normalized spacial score (nSPS) is 28.4. The maximum atomic E-state index is 10.2. The molecule has 0 radical (unpaired) electrons. The zero-order chi connectivity index (χ0) is 26.0. The van der Waals surface area contributed by atoms with Crippen molar-refractivity contribution in [2.75, 3.05) is 0 Å². The fourth-order valence-corrected chi connectivity index (χ4v) is 5.15. The van der Waals surface area contributed by atoms with Crippen LogP contribution >= 0.6 is 0 Å². The average molecular weight is 505 g/mol. The number of rotatable bonds is 0. The minimum atomic E-state index is -3.68. The highest BCUT2D eigenvalue weighted by Crippen LogP contribution is 2.35. The van der Waals surface area contributed by atoms with Crippen molar-refractivity contribution in [3.63, 3.8) is 0 Å². The molecule has 210 valence electrons. The van der Waals surface area contributed by atoms with Crippen molar-refractivity contribution in [3.05, 3.63) is 0 Å². The first kappa shape index (κ1) is 32.7. The Kier molecular flexibility index (Phi) is 16.9. The van der Waals surface area contributed by atoms with Gasteiger partial charge in [-0.15, -0.1) is 0 Å². The summed E-state index contributed by atoms with van der Waals surface area (Å²) in [5.74, 6) is -10.3. The molecule has 7 N–H and O–H groups in total. The highest BCUT2D eigenvalue weighted by molar-refractivity contribution is 4.97. The third-order valence-electron chi connectivity index (χ3n) is 7.79. The van der Waals surface area contributed by atoms with Crippen LogP contribution in [0.15, 0.2) is 0 Å². The van der Waals surface area contributed by atoms with E-state index in [1.807, 2.05) is 0 Å². The van der Waals surface area contributed by atoms with Crippen LogP contribution in [-0.2, 0) is 0 Å². The summed E-state index contributed by atoms with van der Waals surface area (Å²) in [7, 11) is 0. The SMILES string of the molecule is OC1CCCCCCCCCCCCCCCCCCCCCCCCC(O)(O)C(O)(O)C1(O)O. The van der Waals surface area contributed by atoms with Crippen LogP contribution in [-0.4, -0.2) is 59.2 Å². The van der Waals surface area contributed by atoms with Gasteiger partial charge in [-0.25, -0.2) is 0 Å². The molecule has 1 unspecified atom stereocenters. The van der Waals surface area contributed by atoms with E-state index in [2.05, 4.69) is 0 Å². The van der Waals surface area contributed by atoms with Gasteiger partial charge in [-0.05, 0) is 12.8 Å². The number of hydrogen-bond acceptors (Lipinski definition) is 7. The van der Waals surface area contributed by atoms with E-state index < -0.39 is 29.9 Å². The lowest BCUT2D eigenvalue weighted by Crippen LogP contribution is -2.72. The molecule has 1 fully saturated rings. The standard InChI is InChI=1S/C28H56O7/c29-25-23-21-19-17-15-13-11-9-7-5-3-1-2-4-6-8-10-12-14-16-18-20-22-24-26(30,31)28(34,35)27(25,32)33/h25,29-35H,1-24H2. The van der Waals surface area contributed by atoms with Crippen molar-refractivity contribution in [3.8, 4) is 0 Å². The summed E-state index contributed by atoms with van der Waals surface area (Å²) in [6.45, 7) is 0. The van der Waals surface area contributed by atoms with Gasteiger partial charge in [-0.3, -0.25) is 0 Å². The molecule has 1 atom stereocenters. The maximum absolute atomic E-state index is 10.2. The van der Waals surface area contributed by atoms with Crippen LogP contribution in [0.25, 0.3) is 0 Å². The molecule has 35 heavy (non-hydrogen) atoms. The van der Waals surface area contributed by atoms with E-state index in [0.29, 0.717) is 19.3 Å². The largest absolute Gasteiger partial charge is 0.387 e. The molecule has 1 aliphatic rings. The second-order valence-electron chi connectivity index (χ2n) is 11.0. The Balaban J connectivity index is 2.51. The number of aliphatic hydroxyl groups excluding tert-OH is 1. The molecule has 0 bridgehead atoms. The second-order valence-corrected chi connectivity index (χ2v) is 11.0. The van der Waals surface area contributed by atoms with Crippen LogP contribution in [0, 0.1) is 0 Å². The molecule has 0 aliphatic heterocycles. The second kappa shape index (κ2) is 18.1. The van der Waals surface area contributed by atoms with Crippen LogP contribution < -0.4 is 0 Å². The first-order valence-corrected chi connectivity index (χ1v) is 14.7. The molecular weight excluding hydrogens is 448 g/mol. The molecule has 0 saturated heterocycles. The molecule has 0 amide bonds. The Labute approximate surface area is 213 Å². The lowest BCUT2D eigenvalue weighted by molar-refractivity contribution is -0.467. The summed E-state index contributed by atoms with van der Waals surface area (Å²) in [6, 6.07) is 0. The van der Waals surface area contributed by atoms with Crippen LogP contribution in [0.2, 0.25) is 0 Å². The Bertz CT molecular complexity index is 508. The molecule has 1 aliphatic carbocycles. The first-order valence-electron chi connectivity index (χ1n) is 14.7. The maximum Gasteiger partial charge on any atom is 0.276 e. The van der Waals surface area contributed by atoms with E-state index >= 15 is 0 Å². The van der Waals surface area contributed by atoms with E-state index in [0.717, 1.165) is 38.5 Å². The first-order chi connectivity index (χ1) is 16.6. The van der Waals surface area contributed by atoms with Crippen molar-refractivity contribution in [1.29, 1.82) is 0 Å². The van der Waals surface area contributed by atoms with E-state index in [1.165, 1.54) is 83.5 Å². The summed E-state index contributed by atoms with van der Waals surface area (Å²) in [4.78, 5) is 0. The minimum absolute atomic E-state index is 0.0774. The van der Waals surface area contributed by atoms with Gasteiger partial charge in [-0.2, -0.15) is 0 Å². The van der Waals surface area contributed by atoms with Gasteiger partial charge >= 0.3 is 0 Å². The van der Waals surface area contributed by atoms with Gasteiger partial charge in [0.1, 0.15) is 6.10 Å². The van der Waals surface area contributed by atoms with Crippen molar-refractivity contribution in [2.45, 2.75) is 178 Å². The average Bonchev–Trinajstić information content (AvgIpc) is 2.80. The lowest BCUT2D eigenvalue weighted by atomic mass is 9.86. The van der Waals surface area contributed by atoms with Gasteiger partial charge in [0.25, 0.3) is 11.6 Å². The quantitative estimate of drug-likeness (QED) is 0.236. The van der Waals surface area contributed by atoms with Gasteiger partial charge in [0.05, 0.1) is 0 Å². The minimum Gasteiger partial charge on any atom is -0.387 e. The van der Waals surface area contributed by atoms with Crippen LogP contribution in [0.4, 0.5) is 0 Å². The predicted octanol–water partition coefficient (Wildman–Crippen LogP) is 4.77. The molecular formula is C28H56O7. The highest BCUT2D eigenvalue weighted by Gasteiger charge is 2.63. The summed E-state index contributed by atoms with van der Waals surface area (Å²) >= 11 is 0. The van der Waals surface area contributed by atoms with E-state index in [-0.39, 0.29) is 6.42 Å². The van der Waals surface area contributed by atoms with Crippen LogP contribution in [0.5, 0.6) is 0 Å². The summed E-state index contributed by atoms with van der Waals surface area (Å²) in [5.41, 5.74) is 0. The molecule has 0 aromatic rings. The molecule has 0 aromatic carbocycles. The third-order valence-corrected chi connectivity index (χ3v) is 7.79. The Hall–Kier alpha value is -0.280. The highest BCUT2D eigenvalue weighted by atomic mass is 16.7. The van der Waals surface area contributed by atoms with E-state index in [9.17, 15) is 35.7 Å². The lowest BCUT2D eigenvalue weighted by Gasteiger charge is -2.44. The smallest absolute Gasteiger partial charge is 0.276 e. The zero-order valence-corrected chi connectivity index (χ0v) is 22.2. The van der Waals surface area contributed by atoms with E-state index in [4.69, 9.17) is 0 Å². The van der Waals surface area contributed by atoms with Gasteiger partial charge < -0.3 is 35.7 Å². The van der Waals surface area contributed by atoms with Crippen molar-refractivity contribution < 1.29 is 35.7 Å². The Morgan fingerprint density at radius 3 is 0.943 bits per heavy atom. The monoisotopic (exact) mass is 504 g/mol. The molecule has 7 nitrogen and oxygen atoms in total. The number of hydrogen-bond donors (Lipinski definition) is 7. The van der Waals surface area contributed by atoms with Crippen molar-refractivity contribution >= 4 is 0 Å². The summed E-state index contributed by atoms with van der Waals surface area (Å²) < 4.78 is 0. The Morgan fingerprint density at radius 2 is 0.629 bits per heavy atom. The molecule has 1 rings (SSSR count). The number of aliphatic hydroxyl groups is 7. The molecule has 0 aromatic heterocycles. The fraction of sp³-hybridized carbons (Fsp3) is 1.00.